The van der Waals surface area contributed by atoms with Gasteiger partial charge in [-0.25, -0.2) is 4.98 Å². The van der Waals surface area contributed by atoms with Crippen molar-refractivity contribution in [3.05, 3.63) is 60.3 Å². The number of benzene rings is 1. The Bertz CT molecular complexity index is 913. The molecule has 0 bridgehead atoms. The molecule has 2 N–H and O–H groups in total. The summed E-state index contributed by atoms with van der Waals surface area (Å²) in [4.78, 5) is 4.73. The van der Waals surface area contributed by atoms with Crippen LogP contribution in [0.15, 0.2) is 49.1 Å². The van der Waals surface area contributed by atoms with Gasteiger partial charge in [-0.15, -0.1) is 6.58 Å². The zero-order chi connectivity index (χ0) is 17.1. The minimum atomic E-state index is 0.522. The maximum absolute atomic E-state index is 5.29. The molecular weight excluding hydrogens is 318 g/mol. The summed E-state index contributed by atoms with van der Waals surface area (Å²) < 4.78 is 1.77. The van der Waals surface area contributed by atoms with Crippen LogP contribution in [0.25, 0.3) is 16.7 Å². The van der Waals surface area contributed by atoms with Crippen molar-refractivity contribution in [2.45, 2.75) is 13.8 Å². The molecule has 24 heavy (non-hydrogen) atoms. The maximum atomic E-state index is 5.29. The Morgan fingerprint density at radius 2 is 2.08 bits per heavy atom. The smallest absolute Gasteiger partial charge is 0.172 e. The number of para-hydroxylation sites is 1. The van der Waals surface area contributed by atoms with Gasteiger partial charge in [0.25, 0.3) is 0 Å². The van der Waals surface area contributed by atoms with Gasteiger partial charge in [0, 0.05) is 18.0 Å². The van der Waals surface area contributed by atoms with Gasteiger partial charge in [0.2, 0.25) is 0 Å². The lowest BCUT2D eigenvalue weighted by molar-refractivity contribution is 0.843. The molecule has 3 rings (SSSR count). The highest BCUT2D eigenvalue weighted by atomic mass is 32.1. The summed E-state index contributed by atoms with van der Waals surface area (Å²) in [6.07, 6.45) is 1.75. The quantitative estimate of drug-likeness (QED) is 0.564. The average molecular weight is 337 g/mol. The first kappa shape index (κ1) is 16.1. The van der Waals surface area contributed by atoms with Gasteiger partial charge >= 0.3 is 0 Å². The fourth-order valence-electron chi connectivity index (χ4n) is 2.53. The van der Waals surface area contributed by atoms with E-state index in [1.54, 1.807) is 10.8 Å². The van der Waals surface area contributed by atoms with Gasteiger partial charge in [0.05, 0.1) is 11.2 Å². The highest BCUT2D eigenvalue weighted by molar-refractivity contribution is 7.80. The zero-order valence-electron chi connectivity index (χ0n) is 13.7. The fraction of sp³-hybridized carbons (Fsp3) is 0.167. The molecule has 122 valence electrons. The third-order valence-corrected chi connectivity index (χ3v) is 3.85. The largest absolute Gasteiger partial charge is 0.359 e. The molecular formula is C18H19N5S. The second-order valence-electron chi connectivity index (χ2n) is 5.52. The van der Waals surface area contributed by atoms with E-state index in [1.165, 1.54) is 0 Å². The van der Waals surface area contributed by atoms with E-state index in [2.05, 4.69) is 35.3 Å². The fourth-order valence-corrected chi connectivity index (χ4v) is 2.72. The van der Waals surface area contributed by atoms with Gasteiger partial charge in [-0.2, -0.15) is 9.78 Å². The van der Waals surface area contributed by atoms with Gasteiger partial charge in [-0.1, -0.05) is 24.3 Å². The Morgan fingerprint density at radius 1 is 1.29 bits per heavy atom. The average Bonchev–Trinajstić information content (AvgIpc) is 2.93. The standard InChI is InChI=1S/C18H19N5S/c1-4-9-19-18(24)21-17-11-13(3)22-23(17)16-10-12(2)14-7-5-6-8-15(14)20-16/h4-8,10-11H,1,9H2,2-3H3,(H2,19,21,24). The SMILES string of the molecule is C=CCNC(=S)Nc1cc(C)nn1-c1cc(C)c2ccccc2n1. The van der Waals surface area contributed by atoms with Crippen molar-refractivity contribution >= 4 is 34.1 Å². The normalized spacial score (nSPS) is 10.6. The molecule has 0 saturated heterocycles. The van der Waals surface area contributed by atoms with Crippen molar-refractivity contribution in [3.63, 3.8) is 0 Å². The number of pyridine rings is 1. The number of nitrogens with zero attached hydrogens (tertiary/aromatic N) is 3. The van der Waals surface area contributed by atoms with Crippen LogP contribution in [-0.2, 0) is 0 Å². The summed E-state index contributed by atoms with van der Waals surface area (Å²) in [6.45, 7) is 8.29. The Morgan fingerprint density at radius 3 is 2.88 bits per heavy atom. The van der Waals surface area contributed by atoms with Crippen LogP contribution >= 0.6 is 12.2 Å². The Labute approximate surface area is 146 Å². The van der Waals surface area contributed by atoms with Crippen molar-refractivity contribution in [3.8, 4) is 5.82 Å². The first-order valence-corrected chi connectivity index (χ1v) is 8.08. The van der Waals surface area contributed by atoms with E-state index in [0.29, 0.717) is 11.7 Å². The minimum Gasteiger partial charge on any atom is -0.359 e. The molecule has 5 nitrogen and oxygen atoms in total. The van der Waals surface area contributed by atoms with Gasteiger partial charge in [0.15, 0.2) is 10.9 Å². The lowest BCUT2D eigenvalue weighted by Crippen LogP contribution is -2.29. The highest BCUT2D eigenvalue weighted by Gasteiger charge is 2.12. The number of aromatic nitrogens is 3. The zero-order valence-corrected chi connectivity index (χ0v) is 14.5. The number of hydrogen-bond donors (Lipinski definition) is 2. The van der Waals surface area contributed by atoms with E-state index in [0.717, 1.165) is 33.8 Å². The molecule has 0 atom stereocenters. The second-order valence-corrected chi connectivity index (χ2v) is 5.93. The summed E-state index contributed by atoms with van der Waals surface area (Å²) in [5, 5.41) is 12.4. The third kappa shape index (κ3) is 3.28. The lowest BCUT2D eigenvalue weighted by atomic mass is 10.1. The predicted molar refractivity (Wildman–Crippen MR) is 103 cm³/mol. The number of hydrogen-bond acceptors (Lipinski definition) is 3. The van der Waals surface area contributed by atoms with E-state index in [4.69, 9.17) is 17.2 Å². The minimum absolute atomic E-state index is 0.522. The van der Waals surface area contributed by atoms with E-state index < -0.39 is 0 Å². The molecule has 0 radical (unpaired) electrons. The number of thiocarbonyl (C=S) groups is 1. The van der Waals surface area contributed by atoms with Crippen LogP contribution in [0.4, 0.5) is 5.82 Å². The second kappa shape index (κ2) is 6.80. The Balaban J connectivity index is 2.00. The first-order valence-electron chi connectivity index (χ1n) is 7.67. The summed E-state index contributed by atoms with van der Waals surface area (Å²) in [7, 11) is 0. The number of fused-ring (bicyclic) bond motifs is 1. The summed E-state index contributed by atoms with van der Waals surface area (Å²) in [6, 6.07) is 12.1. The lowest BCUT2D eigenvalue weighted by Gasteiger charge is -2.12. The van der Waals surface area contributed by atoms with Crippen LogP contribution in [-0.4, -0.2) is 26.4 Å². The van der Waals surface area contributed by atoms with Crippen molar-refractivity contribution in [2.75, 3.05) is 11.9 Å². The van der Waals surface area contributed by atoms with E-state index in [9.17, 15) is 0 Å². The maximum Gasteiger partial charge on any atom is 0.172 e. The predicted octanol–water partition coefficient (Wildman–Crippen LogP) is 3.51. The Hall–Kier alpha value is -2.73. The highest BCUT2D eigenvalue weighted by Crippen LogP contribution is 2.22. The van der Waals surface area contributed by atoms with Crippen LogP contribution in [0.3, 0.4) is 0 Å². The van der Waals surface area contributed by atoms with E-state index in [1.807, 2.05) is 37.3 Å². The molecule has 0 aliphatic rings. The van der Waals surface area contributed by atoms with Crippen LogP contribution < -0.4 is 10.6 Å². The van der Waals surface area contributed by atoms with E-state index in [-0.39, 0.29) is 0 Å². The number of rotatable bonds is 4. The van der Waals surface area contributed by atoms with Crippen LogP contribution in [0, 0.1) is 13.8 Å². The molecule has 3 aromatic rings. The molecule has 1 aromatic carbocycles. The molecule has 0 saturated carbocycles. The first-order chi connectivity index (χ1) is 11.6. The third-order valence-electron chi connectivity index (χ3n) is 3.61. The van der Waals surface area contributed by atoms with Crippen LogP contribution in [0.5, 0.6) is 0 Å². The van der Waals surface area contributed by atoms with Crippen LogP contribution in [0.2, 0.25) is 0 Å². The van der Waals surface area contributed by atoms with Gasteiger partial charge in [-0.05, 0) is 43.8 Å². The topological polar surface area (TPSA) is 54.8 Å². The van der Waals surface area contributed by atoms with Crippen molar-refractivity contribution in [1.29, 1.82) is 0 Å². The van der Waals surface area contributed by atoms with Gasteiger partial charge in [-0.3, -0.25) is 0 Å². The number of aryl methyl sites for hydroxylation is 2. The summed E-state index contributed by atoms with van der Waals surface area (Å²) in [5.41, 5.74) is 2.98. The van der Waals surface area contributed by atoms with Crippen LogP contribution in [0.1, 0.15) is 11.3 Å². The molecule has 0 amide bonds. The monoisotopic (exact) mass is 337 g/mol. The molecule has 0 aliphatic carbocycles. The molecule has 0 spiro atoms. The van der Waals surface area contributed by atoms with Crippen molar-refractivity contribution < 1.29 is 0 Å². The van der Waals surface area contributed by atoms with Gasteiger partial charge < -0.3 is 10.6 Å². The molecule has 0 unspecified atom stereocenters. The van der Waals surface area contributed by atoms with Crippen molar-refractivity contribution in [1.82, 2.24) is 20.1 Å². The van der Waals surface area contributed by atoms with E-state index >= 15 is 0 Å². The number of nitrogens with one attached hydrogen (secondary N) is 2. The molecule has 6 heteroatoms. The summed E-state index contributed by atoms with van der Waals surface area (Å²) in [5.74, 6) is 1.53. The molecule has 0 aliphatic heterocycles. The molecule has 0 fully saturated rings. The van der Waals surface area contributed by atoms with Gasteiger partial charge in [0.1, 0.15) is 5.82 Å². The molecule has 2 heterocycles. The summed E-state index contributed by atoms with van der Waals surface area (Å²) >= 11 is 5.29. The molecule has 2 aromatic heterocycles. The van der Waals surface area contributed by atoms with Crippen molar-refractivity contribution in [2.24, 2.45) is 0 Å². The Kier molecular flexibility index (Phi) is 4.57. The number of anilines is 1.